The summed E-state index contributed by atoms with van der Waals surface area (Å²) in [5, 5.41) is 2.72. The van der Waals surface area contributed by atoms with Crippen LogP contribution in [0.5, 0.6) is 0 Å². The second kappa shape index (κ2) is 4.15. The average molecular weight is 259 g/mol. The highest BCUT2D eigenvalue weighted by atomic mass is 19.4. The van der Waals surface area contributed by atoms with E-state index in [1.807, 2.05) is 13.8 Å². The summed E-state index contributed by atoms with van der Waals surface area (Å²) in [6.07, 6.45) is -3.76. The molecule has 0 saturated heterocycles. The second-order valence-electron chi connectivity index (χ2n) is 4.19. The van der Waals surface area contributed by atoms with Crippen LogP contribution in [0.2, 0.25) is 0 Å². The van der Waals surface area contributed by atoms with E-state index in [1.54, 1.807) is 0 Å². The molecule has 2 aromatic rings. The lowest BCUT2D eigenvalue weighted by molar-refractivity contribution is -0.137. The fourth-order valence-electron chi connectivity index (χ4n) is 1.59. The van der Waals surface area contributed by atoms with Crippen LogP contribution in [-0.4, -0.2) is 14.6 Å². The number of hydrogen-bond donors (Lipinski definition) is 1. The first-order chi connectivity index (χ1) is 8.32. The summed E-state index contributed by atoms with van der Waals surface area (Å²) in [5.41, 5.74) is -1.75. The monoisotopic (exact) mass is 259 g/mol. The molecule has 0 aromatic carbocycles. The molecule has 0 saturated carbocycles. The Labute approximate surface area is 100 Å². The Bertz CT molecular complexity index is 626. The highest BCUT2D eigenvalue weighted by molar-refractivity contribution is 5.41. The molecule has 2 rings (SSSR count). The molecule has 0 amide bonds. The maximum absolute atomic E-state index is 12.5. The molecule has 0 aliphatic rings. The number of pyridine rings is 1. The first kappa shape index (κ1) is 12.7. The normalized spacial score (nSPS) is 14.1. The van der Waals surface area contributed by atoms with E-state index >= 15 is 0 Å². The molecular weight excluding hydrogens is 247 g/mol. The Morgan fingerprint density at radius 3 is 2.67 bits per heavy atom. The van der Waals surface area contributed by atoms with Crippen LogP contribution in [0.3, 0.4) is 0 Å². The topological polar surface area (TPSA) is 50.2 Å². The third kappa shape index (κ3) is 2.12. The van der Waals surface area contributed by atoms with Gasteiger partial charge >= 0.3 is 6.18 Å². The summed E-state index contributed by atoms with van der Waals surface area (Å²) in [5.74, 6) is 0.563. The number of fused-ring (bicyclic) bond motifs is 1. The Morgan fingerprint density at radius 2 is 2.11 bits per heavy atom. The van der Waals surface area contributed by atoms with Crippen LogP contribution < -0.4 is 5.56 Å². The summed E-state index contributed by atoms with van der Waals surface area (Å²) in [7, 11) is 0. The fourth-order valence-corrected chi connectivity index (χ4v) is 1.59. The van der Waals surface area contributed by atoms with Gasteiger partial charge in [-0.15, -0.1) is 0 Å². The Balaban J connectivity index is 2.63. The maximum Gasteiger partial charge on any atom is 0.416 e. The van der Waals surface area contributed by atoms with Gasteiger partial charge in [0.05, 0.1) is 5.56 Å². The predicted molar refractivity (Wildman–Crippen MR) is 59.5 cm³/mol. The van der Waals surface area contributed by atoms with E-state index in [4.69, 9.17) is 0 Å². The van der Waals surface area contributed by atoms with Crippen LogP contribution >= 0.6 is 0 Å². The van der Waals surface area contributed by atoms with Gasteiger partial charge in [0.25, 0.3) is 5.56 Å². The molecular formula is C11H12F3N3O. The zero-order valence-electron chi connectivity index (χ0n) is 9.88. The van der Waals surface area contributed by atoms with Gasteiger partial charge in [0.2, 0.25) is 0 Å². The SMILES string of the molecule is CCC(C)c1nc2cc(C(F)(F)F)cc(=O)n2[nH]1. The molecule has 4 nitrogen and oxygen atoms in total. The number of hydrogen-bond acceptors (Lipinski definition) is 2. The molecule has 2 heterocycles. The minimum Gasteiger partial charge on any atom is -0.276 e. The van der Waals surface area contributed by atoms with Crippen molar-refractivity contribution < 1.29 is 13.2 Å². The van der Waals surface area contributed by atoms with Gasteiger partial charge in [-0.2, -0.15) is 13.2 Å². The summed E-state index contributed by atoms with van der Waals surface area (Å²) >= 11 is 0. The molecule has 0 aliphatic heterocycles. The number of aromatic nitrogens is 3. The highest BCUT2D eigenvalue weighted by Crippen LogP contribution is 2.28. The minimum atomic E-state index is -4.54. The third-order valence-electron chi connectivity index (χ3n) is 2.88. The van der Waals surface area contributed by atoms with E-state index in [2.05, 4.69) is 10.1 Å². The lowest BCUT2D eigenvalue weighted by Crippen LogP contribution is -2.17. The van der Waals surface area contributed by atoms with Crippen LogP contribution in [0.15, 0.2) is 16.9 Å². The van der Waals surface area contributed by atoms with E-state index in [1.165, 1.54) is 0 Å². The van der Waals surface area contributed by atoms with Gasteiger partial charge in [-0.25, -0.2) is 9.50 Å². The number of aromatic amines is 1. The van der Waals surface area contributed by atoms with Gasteiger partial charge in [0.15, 0.2) is 5.65 Å². The molecule has 98 valence electrons. The van der Waals surface area contributed by atoms with E-state index in [-0.39, 0.29) is 11.6 Å². The number of rotatable bonds is 2. The van der Waals surface area contributed by atoms with Crippen molar-refractivity contribution in [3.8, 4) is 0 Å². The quantitative estimate of drug-likeness (QED) is 0.901. The molecule has 0 aliphatic carbocycles. The number of halogens is 3. The summed E-state index contributed by atoms with van der Waals surface area (Å²) in [6, 6.07) is 1.43. The molecule has 1 N–H and O–H groups in total. The number of H-pyrrole nitrogens is 1. The van der Waals surface area contributed by atoms with E-state index in [9.17, 15) is 18.0 Å². The van der Waals surface area contributed by atoms with Gasteiger partial charge in [-0.1, -0.05) is 13.8 Å². The van der Waals surface area contributed by atoms with Gasteiger partial charge in [-0.3, -0.25) is 9.89 Å². The molecule has 1 unspecified atom stereocenters. The molecule has 18 heavy (non-hydrogen) atoms. The van der Waals surface area contributed by atoms with Crippen LogP contribution in [0.4, 0.5) is 13.2 Å². The minimum absolute atomic E-state index is 0.00914. The molecule has 0 fully saturated rings. The van der Waals surface area contributed by atoms with Crippen molar-refractivity contribution >= 4 is 5.65 Å². The zero-order valence-corrected chi connectivity index (χ0v) is 9.88. The van der Waals surface area contributed by atoms with Crippen molar-refractivity contribution in [1.29, 1.82) is 0 Å². The number of alkyl halides is 3. The lowest BCUT2D eigenvalue weighted by atomic mass is 10.1. The van der Waals surface area contributed by atoms with Crippen LogP contribution in [0, 0.1) is 0 Å². The molecule has 0 radical (unpaired) electrons. The Hall–Kier alpha value is -1.79. The van der Waals surface area contributed by atoms with Crippen molar-refractivity contribution in [1.82, 2.24) is 14.6 Å². The maximum atomic E-state index is 12.5. The highest BCUT2D eigenvalue weighted by Gasteiger charge is 2.31. The molecule has 1 atom stereocenters. The summed E-state index contributed by atoms with van der Waals surface area (Å²) < 4.78 is 38.6. The van der Waals surface area contributed by atoms with Crippen molar-refractivity contribution in [3.05, 3.63) is 33.9 Å². The predicted octanol–water partition coefficient (Wildman–Crippen LogP) is 2.55. The molecule has 0 spiro atoms. The molecule has 2 aromatic heterocycles. The second-order valence-corrected chi connectivity index (χ2v) is 4.19. The van der Waals surface area contributed by atoms with E-state index < -0.39 is 17.3 Å². The first-order valence-electron chi connectivity index (χ1n) is 5.53. The van der Waals surface area contributed by atoms with Crippen molar-refractivity contribution in [2.75, 3.05) is 0 Å². The van der Waals surface area contributed by atoms with Crippen LogP contribution in [0.25, 0.3) is 5.65 Å². The third-order valence-corrected chi connectivity index (χ3v) is 2.88. The van der Waals surface area contributed by atoms with Crippen molar-refractivity contribution in [2.45, 2.75) is 32.4 Å². The van der Waals surface area contributed by atoms with E-state index in [0.717, 1.165) is 17.0 Å². The summed E-state index contributed by atoms with van der Waals surface area (Å²) in [4.78, 5) is 15.6. The smallest absolute Gasteiger partial charge is 0.276 e. The Kier molecular flexibility index (Phi) is 2.92. The largest absolute Gasteiger partial charge is 0.416 e. The van der Waals surface area contributed by atoms with Gasteiger partial charge < -0.3 is 0 Å². The van der Waals surface area contributed by atoms with Crippen LogP contribution in [0.1, 0.15) is 37.6 Å². The van der Waals surface area contributed by atoms with E-state index in [0.29, 0.717) is 11.9 Å². The first-order valence-corrected chi connectivity index (χ1v) is 5.53. The lowest BCUT2D eigenvalue weighted by Gasteiger charge is -2.04. The average Bonchev–Trinajstić information content (AvgIpc) is 2.71. The zero-order chi connectivity index (χ0) is 13.5. The summed E-state index contributed by atoms with van der Waals surface area (Å²) in [6.45, 7) is 3.81. The van der Waals surface area contributed by atoms with Crippen molar-refractivity contribution in [2.24, 2.45) is 0 Å². The van der Waals surface area contributed by atoms with Crippen molar-refractivity contribution in [3.63, 3.8) is 0 Å². The van der Waals surface area contributed by atoms with Gasteiger partial charge in [0, 0.05) is 12.0 Å². The van der Waals surface area contributed by atoms with Gasteiger partial charge in [-0.05, 0) is 12.5 Å². The standard InChI is InChI=1S/C11H12F3N3O/c1-3-6(2)10-15-8-4-7(11(12,13)14)5-9(18)17(8)16-10/h4-6H,3H2,1-2H3,(H,15,16). The molecule has 7 heteroatoms. The number of nitrogens with one attached hydrogen (secondary N) is 1. The van der Waals surface area contributed by atoms with Gasteiger partial charge in [0.1, 0.15) is 5.82 Å². The Morgan fingerprint density at radius 1 is 1.44 bits per heavy atom. The van der Waals surface area contributed by atoms with Crippen LogP contribution in [-0.2, 0) is 6.18 Å². The molecule has 0 bridgehead atoms. The fraction of sp³-hybridized carbons (Fsp3) is 0.455. The number of nitrogens with zero attached hydrogens (tertiary/aromatic N) is 2.